The lowest BCUT2D eigenvalue weighted by Crippen LogP contribution is -2.59. The Bertz CT molecular complexity index is 2510. The molecule has 1 saturated heterocycles. The van der Waals surface area contributed by atoms with Crippen molar-refractivity contribution in [3.05, 3.63) is 94.5 Å². The smallest absolute Gasteiger partial charge is 0.408 e. The van der Waals surface area contributed by atoms with E-state index in [0.717, 1.165) is 5.56 Å². The Morgan fingerprint density at radius 2 is 1.38 bits per heavy atom. The number of aromatic hydroxyl groups is 1. The van der Waals surface area contributed by atoms with Crippen LogP contribution in [0.15, 0.2) is 76.6 Å². The molecule has 20 heteroatoms. The van der Waals surface area contributed by atoms with Crippen LogP contribution in [-0.2, 0) is 56.5 Å². The van der Waals surface area contributed by atoms with Crippen LogP contribution in [0.2, 0.25) is 0 Å². The summed E-state index contributed by atoms with van der Waals surface area (Å²) in [5.74, 6) is -3.84. The number of benzene rings is 3. The number of aliphatic imine (C=N–C) groups is 1. The van der Waals surface area contributed by atoms with Gasteiger partial charge in [0.25, 0.3) is 10.0 Å². The van der Waals surface area contributed by atoms with Gasteiger partial charge < -0.3 is 46.5 Å². The number of nitrogens with zero attached hydrogens (tertiary/aromatic N) is 2. The number of carbonyl (C=O) groups is 6. The van der Waals surface area contributed by atoms with Crippen molar-refractivity contribution in [1.29, 1.82) is 0 Å². The predicted molar refractivity (Wildman–Crippen MR) is 277 cm³/mol. The summed E-state index contributed by atoms with van der Waals surface area (Å²) in [4.78, 5) is 89.5. The molecule has 8 N–H and O–H groups in total. The van der Waals surface area contributed by atoms with Gasteiger partial charge in [-0.3, -0.25) is 24.2 Å². The molecule has 4 rings (SSSR count). The number of hydrogen-bond donors (Lipinski definition) is 7. The van der Waals surface area contributed by atoms with E-state index in [4.69, 9.17) is 15.2 Å². The molecular formula is C53H76N8O11S. The molecule has 0 bridgehead atoms. The first kappa shape index (κ1) is 58.9. The third-order valence-electron chi connectivity index (χ3n) is 11.8. The van der Waals surface area contributed by atoms with Gasteiger partial charge in [-0.1, -0.05) is 87.9 Å². The van der Waals surface area contributed by atoms with Gasteiger partial charge in [-0.25, -0.2) is 22.7 Å². The number of aryl methyl sites for hydroxylation is 3. The Labute approximate surface area is 430 Å². The molecule has 0 unspecified atom stereocenters. The van der Waals surface area contributed by atoms with E-state index < -0.39 is 87.5 Å². The zero-order chi connectivity index (χ0) is 54.2. The largest absolute Gasteiger partial charge is 0.508 e. The summed E-state index contributed by atoms with van der Waals surface area (Å²) < 4.78 is 40.2. The molecule has 0 radical (unpaired) electrons. The quantitative estimate of drug-likeness (QED) is 0.0283. The Hall–Kier alpha value is -6.70. The Kier molecular flexibility index (Phi) is 21.6. The molecule has 3 aromatic carbocycles. The summed E-state index contributed by atoms with van der Waals surface area (Å²) in [6.45, 7) is 17.9. The fourth-order valence-electron chi connectivity index (χ4n) is 8.63. The lowest BCUT2D eigenvalue weighted by atomic mass is 10.0. The van der Waals surface area contributed by atoms with Crippen LogP contribution in [0.4, 0.5) is 4.79 Å². The predicted octanol–water partition coefficient (Wildman–Crippen LogP) is 5.11. The maximum atomic E-state index is 14.5. The Balaban J connectivity index is 1.60. The van der Waals surface area contributed by atoms with E-state index in [1.165, 1.54) is 17.0 Å². The van der Waals surface area contributed by atoms with Gasteiger partial charge in [-0.15, -0.1) is 0 Å². The summed E-state index contributed by atoms with van der Waals surface area (Å²) in [7, 11) is -4.12. The summed E-state index contributed by atoms with van der Waals surface area (Å²) in [6, 6.07) is 12.8. The Morgan fingerprint density at radius 3 is 1.99 bits per heavy atom. The monoisotopic (exact) mass is 1030 g/mol. The van der Waals surface area contributed by atoms with Crippen molar-refractivity contribution in [2.24, 2.45) is 22.6 Å². The van der Waals surface area contributed by atoms with E-state index in [0.29, 0.717) is 35.1 Å². The Morgan fingerprint density at radius 1 is 0.795 bits per heavy atom. The van der Waals surface area contributed by atoms with E-state index in [-0.39, 0.29) is 74.3 Å². The molecule has 1 fully saturated rings. The van der Waals surface area contributed by atoms with Crippen LogP contribution in [0.5, 0.6) is 5.75 Å². The van der Waals surface area contributed by atoms with Gasteiger partial charge in [0, 0.05) is 19.5 Å². The second-order valence-corrected chi connectivity index (χ2v) is 22.2. The van der Waals surface area contributed by atoms with Gasteiger partial charge in [0.2, 0.25) is 29.6 Å². The number of ether oxygens (including phenoxy) is 2. The number of esters is 1. The fourth-order valence-corrected chi connectivity index (χ4v) is 10.0. The number of guanidine groups is 1. The zero-order valence-corrected chi connectivity index (χ0v) is 44.7. The van der Waals surface area contributed by atoms with Gasteiger partial charge in [0.05, 0.1) is 4.90 Å². The summed E-state index contributed by atoms with van der Waals surface area (Å²) in [5.41, 5.74) is 8.51. The van der Waals surface area contributed by atoms with E-state index in [9.17, 15) is 42.3 Å². The van der Waals surface area contributed by atoms with Crippen molar-refractivity contribution in [3.8, 4) is 5.75 Å². The summed E-state index contributed by atoms with van der Waals surface area (Å²) >= 11 is 0. The number of carbonyl (C=O) groups excluding carboxylic acids is 6. The van der Waals surface area contributed by atoms with Gasteiger partial charge in [-0.2, -0.15) is 0 Å². The number of sulfonamides is 1. The van der Waals surface area contributed by atoms with Crippen LogP contribution in [-0.4, -0.2) is 109 Å². The molecule has 5 amide bonds. The van der Waals surface area contributed by atoms with Crippen LogP contribution in [0.1, 0.15) is 115 Å². The van der Waals surface area contributed by atoms with Crippen LogP contribution < -0.4 is 31.7 Å². The van der Waals surface area contributed by atoms with Crippen molar-refractivity contribution in [3.63, 3.8) is 0 Å². The molecule has 3 aromatic rings. The molecule has 0 aliphatic carbocycles. The molecule has 0 aromatic heterocycles. The average Bonchev–Trinajstić information content (AvgIpc) is 3.78. The average molecular weight is 1030 g/mol. The fraction of sp³-hybridized carbons (Fsp3) is 0.528. The van der Waals surface area contributed by atoms with Crippen LogP contribution >= 0.6 is 0 Å². The highest BCUT2D eigenvalue weighted by Gasteiger charge is 2.40. The van der Waals surface area contributed by atoms with Crippen molar-refractivity contribution in [2.75, 3.05) is 13.1 Å². The summed E-state index contributed by atoms with van der Waals surface area (Å²) in [5, 5.41) is 21.0. The van der Waals surface area contributed by atoms with E-state index in [1.54, 1.807) is 83.1 Å². The third kappa shape index (κ3) is 19.0. The molecule has 73 heavy (non-hydrogen) atoms. The molecule has 1 aliphatic rings. The number of rotatable bonds is 23. The highest BCUT2D eigenvalue weighted by molar-refractivity contribution is 7.90. The number of alkyl carbamates (subject to hydrolysis) is 1. The van der Waals surface area contributed by atoms with Crippen LogP contribution in [0, 0.1) is 32.6 Å². The molecule has 0 spiro atoms. The first-order chi connectivity index (χ1) is 34.2. The van der Waals surface area contributed by atoms with E-state index >= 15 is 0 Å². The molecule has 1 aliphatic heterocycles. The zero-order valence-electron chi connectivity index (χ0n) is 43.9. The molecule has 19 nitrogen and oxygen atoms in total. The molecular weight excluding hydrogens is 957 g/mol. The standard InChI is InChI=1S/C53H76N8O11S/c1-32(2)26-41(57-48(65)44-19-15-25-61(44)49(66)42(27-33(3)4)59-52(68)72-53(8,9)10)47(64)56-40(18-14-24-55-51(54)60-73(69,70)45-35(6)28-34(5)29-36(45)7)46(63)58-43(30-37-20-22-39(62)23-21-37)50(67)71-31-38-16-12-11-13-17-38/h11-13,16-17,20-23,28-29,32-33,40-44,62H,14-15,18-19,24-27,30-31H2,1-10H3,(H,56,64)(H,57,65)(H,58,63)(H,59,68)(H3,54,55,60)/t40-,41-,42-,43-,44-/m0/s1. The highest BCUT2D eigenvalue weighted by atomic mass is 32.2. The lowest BCUT2D eigenvalue weighted by Gasteiger charge is -2.31. The maximum absolute atomic E-state index is 14.5. The number of amides is 5. The lowest BCUT2D eigenvalue weighted by molar-refractivity contribution is -0.149. The van der Waals surface area contributed by atoms with Crippen molar-refractivity contribution in [2.45, 2.75) is 161 Å². The van der Waals surface area contributed by atoms with E-state index in [1.807, 2.05) is 40.7 Å². The van der Waals surface area contributed by atoms with Gasteiger partial charge in [-0.05, 0) is 126 Å². The molecule has 0 saturated carbocycles. The topological polar surface area (TPSA) is 277 Å². The molecule has 5 atom stereocenters. The first-order valence-electron chi connectivity index (χ1n) is 24.8. The maximum Gasteiger partial charge on any atom is 0.408 e. The number of likely N-dealkylation sites (tertiary alicyclic amines) is 1. The van der Waals surface area contributed by atoms with Crippen molar-refractivity contribution >= 4 is 51.7 Å². The second-order valence-electron chi connectivity index (χ2n) is 20.5. The van der Waals surface area contributed by atoms with Gasteiger partial charge >= 0.3 is 12.1 Å². The molecule has 400 valence electrons. The highest BCUT2D eigenvalue weighted by Crippen LogP contribution is 2.24. The van der Waals surface area contributed by atoms with E-state index in [2.05, 4.69) is 31.0 Å². The number of nitrogens with two attached hydrogens (primary N) is 1. The minimum Gasteiger partial charge on any atom is -0.508 e. The molecule has 1 heterocycles. The van der Waals surface area contributed by atoms with Crippen LogP contribution in [0.3, 0.4) is 0 Å². The van der Waals surface area contributed by atoms with Crippen LogP contribution in [0.25, 0.3) is 0 Å². The van der Waals surface area contributed by atoms with Crippen molar-refractivity contribution in [1.82, 2.24) is 30.9 Å². The van der Waals surface area contributed by atoms with Gasteiger partial charge in [0.1, 0.15) is 48.2 Å². The second kappa shape index (κ2) is 26.8. The van der Waals surface area contributed by atoms with Crippen molar-refractivity contribution < 1.29 is 51.8 Å². The third-order valence-corrected chi connectivity index (χ3v) is 13.4. The number of phenols is 1. The SMILES string of the molecule is Cc1cc(C)c(S(=O)(=O)NC(N)=NCCC[C@H](NC(=O)[C@H](CC(C)C)NC(=O)[C@@H]2CCCN2C(=O)[C@H](CC(C)C)NC(=O)OC(C)(C)C)C(=O)N[C@@H](Cc2ccc(O)cc2)C(=O)OCc2ccccc2)c(C)c1. The van der Waals surface area contributed by atoms with Gasteiger partial charge in [0.15, 0.2) is 0 Å². The normalized spacial score (nSPS) is 15.7. The first-order valence-corrected chi connectivity index (χ1v) is 26.3. The number of nitrogens with one attached hydrogen (secondary N) is 5. The number of phenolic OH excluding ortho intramolecular Hbond substituents is 1. The summed E-state index contributed by atoms with van der Waals surface area (Å²) in [6.07, 6.45) is 0.397. The minimum absolute atomic E-state index is 0.000698. The minimum atomic E-state index is -4.12. The number of hydrogen-bond acceptors (Lipinski definition) is 12.